The van der Waals surface area contributed by atoms with Crippen molar-refractivity contribution in [2.75, 3.05) is 6.54 Å². The predicted octanol–water partition coefficient (Wildman–Crippen LogP) is 2.90. The lowest BCUT2D eigenvalue weighted by Crippen LogP contribution is -2.26. The van der Waals surface area contributed by atoms with Crippen molar-refractivity contribution in [1.82, 2.24) is 15.3 Å². The third-order valence-corrected chi connectivity index (χ3v) is 3.50. The number of rotatable bonds is 7. The van der Waals surface area contributed by atoms with Gasteiger partial charge in [0.05, 0.1) is 0 Å². The Morgan fingerprint density at radius 1 is 1.19 bits per heavy atom. The van der Waals surface area contributed by atoms with Crippen LogP contribution in [0.2, 0.25) is 0 Å². The lowest BCUT2D eigenvalue weighted by molar-refractivity contribution is 0.0949. The van der Waals surface area contributed by atoms with Crippen molar-refractivity contribution < 1.29 is 22.7 Å². The Balaban J connectivity index is 1.50. The molecule has 0 saturated carbocycles. The number of oxazole rings is 1. The molecule has 2 heterocycles. The molecule has 0 atom stereocenters. The first-order chi connectivity index (χ1) is 12.6. The second kappa shape index (κ2) is 8.19. The maximum Gasteiger partial charge on any atom is 0.273 e. The van der Waals surface area contributed by atoms with Gasteiger partial charge in [0, 0.05) is 18.9 Å². The Hall–Kier alpha value is -3.29. The van der Waals surface area contributed by atoms with Crippen molar-refractivity contribution >= 4 is 5.91 Å². The zero-order valence-electron chi connectivity index (χ0n) is 13.6. The quantitative estimate of drug-likeness (QED) is 0.702. The second-order valence-electron chi connectivity index (χ2n) is 5.33. The summed E-state index contributed by atoms with van der Waals surface area (Å²) in [5.41, 5.74) is 1.13. The minimum Gasteiger partial charge on any atom is -0.481 e. The topological polar surface area (TPSA) is 77.2 Å². The van der Waals surface area contributed by atoms with E-state index in [0.29, 0.717) is 13.0 Å². The SMILES string of the molecule is O=C(NCCc1ccncc1)c1coc(COc2cccc(F)c2F)n1. The number of aromatic nitrogens is 2. The van der Waals surface area contributed by atoms with Crippen molar-refractivity contribution in [2.45, 2.75) is 13.0 Å². The molecule has 0 aliphatic carbocycles. The summed E-state index contributed by atoms with van der Waals surface area (Å²) < 4.78 is 36.9. The van der Waals surface area contributed by atoms with Gasteiger partial charge in [-0.25, -0.2) is 9.37 Å². The van der Waals surface area contributed by atoms with Crippen molar-refractivity contribution in [3.63, 3.8) is 0 Å². The van der Waals surface area contributed by atoms with Crippen LogP contribution in [0.1, 0.15) is 21.9 Å². The van der Waals surface area contributed by atoms with Crippen molar-refractivity contribution in [3.05, 3.63) is 77.8 Å². The predicted molar refractivity (Wildman–Crippen MR) is 87.5 cm³/mol. The first-order valence-corrected chi connectivity index (χ1v) is 7.82. The van der Waals surface area contributed by atoms with Crippen LogP contribution in [0.25, 0.3) is 0 Å². The summed E-state index contributed by atoms with van der Waals surface area (Å²) in [5, 5.41) is 2.72. The molecule has 3 aromatic rings. The Labute approximate surface area is 147 Å². The van der Waals surface area contributed by atoms with Gasteiger partial charge in [-0.05, 0) is 36.2 Å². The van der Waals surface area contributed by atoms with Gasteiger partial charge in [0.25, 0.3) is 5.91 Å². The number of hydrogen-bond acceptors (Lipinski definition) is 5. The van der Waals surface area contributed by atoms with Gasteiger partial charge in [0.1, 0.15) is 6.26 Å². The minimum atomic E-state index is -1.09. The number of carbonyl (C=O) groups is 1. The van der Waals surface area contributed by atoms with Crippen LogP contribution >= 0.6 is 0 Å². The van der Waals surface area contributed by atoms with Crippen LogP contribution in [0.3, 0.4) is 0 Å². The van der Waals surface area contributed by atoms with Crippen LogP contribution in [0, 0.1) is 11.6 Å². The lowest BCUT2D eigenvalue weighted by atomic mass is 10.2. The molecule has 0 saturated heterocycles. The van der Waals surface area contributed by atoms with E-state index in [0.717, 1.165) is 11.6 Å². The molecule has 0 bridgehead atoms. The second-order valence-corrected chi connectivity index (χ2v) is 5.33. The highest BCUT2D eigenvalue weighted by Gasteiger charge is 2.14. The van der Waals surface area contributed by atoms with E-state index in [2.05, 4.69) is 15.3 Å². The van der Waals surface area contributed by atoms with E-state index in [4.69, 9.17) is 9.15 Å². The van der Waals surface area contributed by atoms with Gasteiger partial charge < -0.3 is 14.5 Å². The smallest absolute Gasteiger partial charge is 0.273 e. The Morgan fingerprint density at radius 3 is 2.81 bits per heavy atom. The summed E-state index contributed by atoms with van der Waals surface area (Å²) in [6.07, 6.45) is 5.20. The number of halogens is 2. The van der Waals surface area contributed by atoms with Gasteiger partial charge in [-0.1, -0.05) is 6.07 Å². The molecule has 26 heavy (non-hydrogen) atoms. The molecule has 1 N–H and O–H groups in total. The minimum absolute atomic E-state index is 0.0768. The molecule has 134 valence electrons. The maximum atomic E-state index is 13.5. The van der Waals surface area contributed by atoms with Crippen LogP contribution < -0.4 is 10.1 Å². The molecule has 1 aromatic carbocycles. The van der Waals surface area contributed by atoms with Gasteiger partial charge in [-0.3, -0.25) is 9.78 Å². The molecule has 0 fully saturated rings. The highest BCUT2D eigenvalue weighted by atomic mass is 19.2. The van der Waals surface area contributed by atoms with Crippen molar-refractivity contribution in [1.29, 1.82) is 0 Å². The van der Waals surface area contributed by atoms with Crippen LogP contribution in [-0.4, -0.2) is 22.4 Å². The number of hydrogen-bond donors (Lipinski definition) is 1. The Kier molecular flexibility index (Phi) is 5.52. The lowest BCUT2D eigenvalue weighted by Gasteiger charge is -2.04. The summed E-state index contributed by atoms with van der Waals surface area (Å²) in [5.74, 6) is -2.68. The van der Waals surface area contributed by atoms with Crippen molar-refractivity contribution in [2.24, 2.45) is 0 Å². The summed E-state index contributed by atoms with van der Waals surface area (Å²) in [6.45, 7) is 0.195. The van der Waals surface area contributed by atoms with Gasteiger partial charge in [-0.15, -0.1) is 0 Å². The van der Waals surface area contributed by atoms with Crippen LogP contribution in [0.5, 0.6) is 5.75 Å². The molecule has 6 nitrogen and oxygen atoms in total. The molecule has 0 aliphatic heterocycles. The molecule has 0 unspecified atom stereocenters. The van der Waals surface area contributed by atoms with E-state index in [1.165, 1.54) is 18.4 Å². The molecule has 0 spiro atoms. The van der Waals surface area contributed by atoms with Crippen LogP contribution in [-0.2, 0) is 13.0 Å². The third-order valence-electron chi connectivity index (χ3n) is 3.50. The largest absolute Gasteiger partial charge is 0.481 e. The van der Waals surface area contributed by atoms with E-state index in [-0.39, 0.29) is 23.9 Å². The average Bonchev–Trinajstić information content (AvgIpc) is 3.13. The van der Waals surface area contributed by atoms with Crippen LogP contribution in [0.15, 0.2) is 53.4 Å². The summed E-state index contributed by atoms with van der Waals surface area (Å²) in [7, 11) is 0. The molecule has 1 amide bonds. The first kappa shape index (κ1) is 17.5. The molecular weight excluding hydrogens is 344 g/mol. The number of pyridine rings is 1. The van der Waals surface area contributed by atoms with E-state index >= 15 is 0 Å². The fraction of sp³-hybridized carbons (Fsp3) is 0.167. The number of benzene rings is 1. The summed E-state index contributed by atoms with van der Waals surface area (Å²) in [6, 6.07) is 7.33. The number of ether oxygens (including phenoxy) is 1. The summed E-state index contributed by atoms with van der Waals surface area (Å²) >= 11 is 0. The number of nitrogens with one attached hydrogen (secondary N) is 1. The molecule has 0 radical (unpaired) electrons. The van der Waals surface area contributed by atoms with Crippen molar-refractivity contribution in [3.8, 4) is 5.75 Å². The summed E-state index contributed by atoms with van der Waals surface area (Å²) in [4.78, 5) is 19.9. The van der Waals surface area contributed by atoms with Gasteiger partial charge in [0.2, 0.25) is 11.7 Å². The Bertz CT molecular complexity index is 884. The average molecular weight is 359 g/mol. The number of amides is 1. The standard InChI is InChI=1S/C18H15F2N3O3/c19-13-2-1-3-15(17(13)20)25-11-16-23-14(10-26-16)18(24)22-9-6-12-4-7-21-8-5-12/h1-5,7-8,10H,6,9,11H2,(H,22,24). The molecule has 0 aliphatic rings. The highest BCUT2D eigenvalue weighted by molar-refractivity contribution is 5.91. The van der Waals surface area contributed by atoms with Crippen LogP contribution in [0.4, 0.5) is 8.78 Å². The third kappa shape index (κ3) is 4.41. The fourth-order valence-corrected chi connectivity index (χ4v) is 2.18. The zero-order valence-corrected chi connectivity index (χ0v) is 13.6. The monoisotopic (exact) mass is 359 g/mol. The van der Waals surface area contributed by atoms with E-state index in [1.807, 2.05) is 12.1 Å². The van der Waals surface area contributed by atoms with Gasteiger partial charge in [-0.2, -0.15) is 4.39 Å². The zero-order chi connectivity index (χ0) is 18.4. The molecule has 3 rings (SSSR count). The Morgan fingerprint density at radius 2 is 2.00 bits per heavy atom. The normalized spacial score (nSPS) is 10.5. The molecule has 8 heteroatoms. The maximum absolute atomic E-state index is 13.5. The van der Waals surface area contributed by atoms with E-state index in [9.17, 15) is 13.6 Å². The van der Waals surface area contributed by atoms with E-state index in [1.54, 1.807) is 12.4 Å². The molecular formula is C18H15F2N3O3. The highest BCUT2D eigenvalue weighted by Crippen LogP contribution is 2.20. The van der Waals surface area contributed by atoms with E-state index < -0.39 is 17.5 Å². The van der Waals surface area contributed by atoms with Gasteiger partial charge >= 0.3 is 0 Å². The molecule has 2 aromatic heterocycles. The first-order valence-electron chi connectivity index (χ1n) is 7.82. The van der Waals surface area contributed by atoms with Gasteiger partial charge in [0.15, 0.2) is 23.9 Å². The number of nitrogens with zero attached hydrogens (tertiary/aromatic N) is 2. The number of carbonyl (C=O) groups excluding carboxylic acids is 1. The fourth-order valence-electron chi connectivity index (χ4n) is 2.18.